The maximum absolute atomic E-state index is 4.36. The Morgan fingerprint density at radius 1 is 1.40 bits per heavy atom. The number of hydrogen-bond donors (Lipinski definition) is 2. The summed E-state index contributed by atoms with van der Waals surface area (Å²) in [5.74, 6) is 0.824. The summed E-state index contributed by atoms with van der Waals surface area (Å²) in [6.07, 6.45) is 3.49. The summed E-state index contributed by atoms with van der Waals surface area (Å²) in [6.45, 7) is 4.54. The molecule has 0 saturated carbocycles. The summed E-state index contributed by atoms with van der Waals surface area (Å²) in [7, 11) is 0. The molecule has 0 atom stereocenters. The van der Waals surface area contributed by atoms with Gasteiger partial charge in [0.15, 0.2) is 0 Å². The van der Waals surface area contributed by atoms with Gasteiger partial charge in [-0.3, -0.25) is 10.1 Å². The van der Waals surface area contributed by atoms with Crippen molar-refractivity contribution < 1.29 is 0 Å². The van der Waals surface area contributed by atoms with Gasteiger partial charge in [-0.25, -0.2) is 4.98 Å². The molecule has 2 heterocycles. The Labute approximate surface area is 88.0 Å². The lowest BCUT2D eigenvalue weighted by molar-refractivity contribution is 0.958. The first kappa shape index (κ1) is 9.64. The van der Waals surface area contributed by atoms with Crippen LogP contribution in [0.4, 0.5) is 5.82 Å². The molecule has 15 heavy (non-hydrogen) atoms. The van der Waals surface area contributed by atoms with E-state index in [1.54, 1.807) is 12.4 Å². The van der Waals surface area contributed by atoms with Gasteiger partial charge in [0.2, 0.25) is 0 Å². The van der Waals surface area contributed by atoms with Gasteiger partial charge in [-0.2, -0.15) is 5.10 Å². The molecule has 78 valence electrons. The fourth-order valence-corrected chi connectivity index (χ4v) is 1.27. The molecule has 0 saturated heterocycles. The molecule has 5 nitrogen and oxygen atoms in total. The van der Waals surface area contributed by atoms with E-state index in [1.165, 1.54) is 0 Å². The third-order valence-electron chi connectivity index (χ3n) is 2.08. The second-order valence-corrected chi connectivity index (χ2v) is 3.38. The van der Waals surface area contributed by atoms with E-state index in [-0.39, 0.29) is 0 Å². The van der Waals surface area contributed by atoms with E-state index < -0.39 is 0 Å². The van der Waals surface area contributed by atoms with Gasteiger partial charge in [0.25, 0.3) is 0 Å². The maximum atomic E-state index is 4.36. The van der Waals surface area contributed by atoms with Crippen LogP contribution in [-0.2, 0) is 6.54 Å². The predicted octanol–water partition coefficient (Wildman–Crippen LogP) is 1.43. The van der Waals surface area contributed by atoms with E-state index in [9.17, 15) is 0 Å². The highest BCUT2D eigenvalue weighted by atomic mass is 15.1. The quantitative estimate of drug-likeness (QED) is 0.791. The summed E-state index contributed by atoms with van der Waals surface area (Å²) < 4.78 is 0. The van der Waals surface area contributed by atoms with Crippen LogP contribution in [0.2, 0.25) is 0 Å². The number of rotatable bonds is 3. The highest BCUT2D eigenvalue weighted by Crippen LogP contribution is 2.09. The van der Waals surface area contributed by atoms with Gasteiger partial charge in [-0.15, -0.1) is 0 Å². The maximum Gasteiger partial charge on any atom is 0.148 e. The molecule has 0 spiro atoms. The number of aromatic amines is 1. The second kappa shape index (κ2) is 4.08. The number of nitrogens with one attached hydrogen (secondary N) is 2. The fourth-order valence-electron chi connectivity index (χ4n) is 1.27. The molecule has 5 heteroatoms. The van der Waals surface area contributed by atoms with Crippen molar-refractivity contribution in [2.45, 2.75) is 20.4 Å². The van der Waals surface area contributed by atoms with Gasteiger partial charge in [0, 0.05) is 12.4 Å². The van der Waals surface area contributed by atoms with Crippen LogP contribution < -0.4 is 5.32 Å². The molecule has 0 aliphatic rings. The molecule has 0 fully saturated rings. The molecule has 2 rings (SSSR count). The lowest BCUT2D eigenvalue weighted by atomic mass is 10.4. The Hall–Kier alpha value is -1.91. The average Bonchev–Trinajstić information content (AvgIpc) is 2.72. The van der Waals surface area contributed by atoms with Gasteiger partial charge in [-0.05, 0) is 19.9 Å². The van der Waals surface area contributed by atoms with Crippen LogP contribution in [0.25, 0.3) is 0 Å². The zero-order chi connectivity index (χ0) is 10.7. The van der Waals surface area contributed by atoms with Crippen molar-refractivity contribution in [3.05, 3.63) is 35.5 Å². The van der Waals surface area contributed by atoms with Crippen molar-refractivity contribution >= 4 is 5.82 Å². The Balaban J connectivity index is 2.07. The van der Waals surface area contributed by atoms with E-state index in [0.29, 0.717) is 6.54 Å². The Bertz CT molecular complexity index is 435. The number of nitrogens with zero attached hydrogens (tertiary/aromatic N) is 3. The molecule has 0 aliphatic carbocycles. The van der Waals surface area contributed by atoms with Gasteiger partial charge < -0.3 is 5.32 Å². The van der Waals surface area contributed by atoms with E-state index >= 15 is 0 Å². The minimum absolute atomic E-state index is 0.680. The van der Waals surface area contributed by atoms with Crippen LogP contribution in [0, 0.1) is 13.8 Å². The molecular weight excluding hydrogens is 190 g/mol. The summed E-state index contributed by atoms with van der Waals surface area (Å²) >= 11 is 0. The number of anilines is 1. The van der Waals surface area contributed by atoms with Gasteiger partial charge >= 0.3 is 0 Å². The van der Waals surface area contributed by atoms with Crippen LogP contribution in [-0.4, -0.2) is 20.2 Å². The van der Waals surface area contributed by atoms with E-state index in [1.807, 2.05) is 19.9 Å². The monoisotopic (exact) mass is 203 g/mol. The van der Waals surface area contributed by atoms with E-state index in [4.69, 9.17) is 0 Å². The molecule has 0 amide bonds. The Morgan fingerprint density at radius 2 is 2.27 bits per heavy atom. The largest absolute Gasteiger partial charge is 0.363 e. The van der Waals surface area contributed by atoms with Crippen molar-refractivity contribution in [2.75, 3.05) is 5.32 Å². The van der Waals surface area contributed by atoms with Crippen molar-refractivity contribution in [3.8, 4) is 0 Å². The lowest BCUT2D eigenvalue weighted by Crippen LogP contribution is -2.05. The summed E-state index contributed by atoms with van der Waals surface area (Å²) in [6, 6.07) is 1.92. The zero-order valence-corrected chi connectivity index (χ0v) is 8.78. The van der Waals surface area contributed by atoms with E-state index in [0.717, 1.165) is 22.9 Å². The minimum atomic E-state index is 0.680. The number of aromatic nitrogens is 4. The minimum Gasteiger partial charge on any atom is -0.363 e. The molecular formula is C10H13N5. The second-order valence-electron chi connectivity index (χ2n) is 3.38. The van der Waals surface area contributed by atoms with Gasteiger partial charge in [0.05, 0.1) is 23.6 Å². The van der Waals surface area contributed by atoms with Crippen LogP contribution >= 0.6 is 0 Å². The topological polar surface area (TPSA) is 66.5 Å². The highest BCUT2D eigenvalue weighted by Gasteiger charge is 2.01. The Kier molecular flexibility index (Phi) is 2.62. The third-order valence-corrected chi connectivity index (χ3v) is 2.08. The van der Waals surface area contributed by atoms with Crippen LogP contribution in [0.3, 0.4) is 0 Å². The van der Waals surface area contributed by atoms with Crippen LogP contribution in [0.5, 0.6) is 0 Å². The zero-order valence-electron chi connectivity index (χ0n) is 8.78. The number of aryl methyl sites for hydroxylation is 2. The van der Waals surface area contributed by atoms with Crippen LogP contribution in [0.15, 0.2) is 18.5 Å². The van der Waals surface area contributed by atoms with Crippen LogP contribution in [0.1, 0.15) is 17.1 Å². The lowest BCUT2D eigenvalue weighted by Gasteiger charge is -2.06. The average molecular weight is 203 g/mol. The SMILES string of the molecule is Cc1cnc(C)c(NCc2ccn[nH]2)n1. The smallest absolute Gasteiger partial charge is 0.148 e. The molecule has 0 radical (unpaired) electrons. The first-order chi connectivity index (χ1) is 7.25. The standard InChI is InChI=1S/C10H13N5/c1-7-5-11-8(2)10(14-7)12-6-9-3-4-13-15-9/h3-5H,6H2,1-2H3,(H,12,14)(H,13,15). The predicted molar refractivity (Wildman–Crippen MR) is 57.4 cm³/mol. The molecule has 0 bridgehead atoms. The third kappa shape index (κ3) is 2.31. The summed E-state index contributed by atoms with van der Waals surface area (Å²) in [5.41, 5.74) is 2.84. The Morgan fingerprint density at radius 3 is 3.00 bits per heavy atom. The normalized spacial score (nSPS) is 10.3. The molecule has 2 N–H and O–H groups in total. The number of hydrogen-bond acceptors (Lipinski definition) is 4. The number of H-pyrrole nitrogens is 1. The molecule has 0 aliphatic heterocycles. The highest BCUT2D eigenvalue weighted by molar-refractivity contribution is 5.39. The van der Waals surface area contributed by atoms with Crippen molar-refractivity contribution in [1.82, 2.24) is 20.2 Å². The molecule has 2 aromatic rings. The summed E-state index contributed by atoms with van der Waals surface area (Å²) in [4.78, 5) is 8.59. The first-order valence-electron chi connectivity index (χ1n) is 4.78. The first-order valence-corrected chi connectivity index (χ1v) is 4.78. The summed E-state index contributed by atoms with van der Waals surface area (Å²) in [5, 5.41) is 9.97. The van der Waals surface area contributed by atoms with Gasteiger partial charge in [-0.1, -0.05) is 0 Å². The van der Waals surface area contributed by atoms with Crippen molar-refractivity contribution in [2.24, 2.45) is 0 Å². The molecule has 0 unspecified atom stereocenters. The molecule has 0 aromatic carbocycles. The molecule has 2 aromatic heterocycles. The van der Waals surface area contributed by atoms with Crippen molar-refractivity contribution in [3.63, 3.8) is 0 Å². The van der Waals surface area contributed by atoms with E-state index in [2.05, 4.69) is 25.5 Å². The van der Waals surface area contributed by atoms with Gasteiger partial charge in [0.1, 0.15) is 5.82 Å². The van der Waals surface area contributed by atoms with Crippen molar-refractivity contribution in [1.29, 1.82) is 0 Å². The fraction of sp³-hybridized carbons (Fsp3) is 0.300.